The van der Waals surface area contributed by atoms with Crippen LogP contribution in [-0.2, 0) is 12.6 Å². The molecule has 0 spiro atoms. The molecule has 96 valence electrons. The second kappa shape index (κ2) is 5.49. The first-order valence-electron chi connectivity index (χ1n) is 5.31. The molecule has 0 atom stereocenters. The first-order chi connectivity index (χ1) is 7.80. The highest BCUT2D eigenvalue weighted by Crippen LogP contribution is 2.32. The Bertz CT molecular complexity index is 371. The van der Waals surface area contributed by atoms with Gasteiger partial charge >= 0.3 is 6.18 Å². The van der Waals surface area contributed by atoms with Crippen molar-refractivity contribution >= 4 is 0 Å². The molecule has 0 saturated carbocycles. The van der Waals surface area contributed by atoms with Gasteiger partial charge in [0.2, 0.25) is 0 Å². The van der Waals surface area contributed by atoms with Crippen LogP contribution in [0.25, 0.3) is 0 Å². The molecule has 0 aliphatic carbocycles. The lowest BCUT2D eigenvalue weighted by Crippen LogP contribution is -2.15. The fourth-order valence-corrected chi connectivity index (χ4v) is 1.63. The molecule has 0 saturated heterocycles. The van der Waals surface area contributed by atoms with E-state index in [1.54, 1.807) is 0 Å². The van der Waals surface area contributed by atoms with Crippen molar-refractivity contribution in [2.24, 2.45) is 0 Å². The van der Waals surface area contributed by atoms with E-state index in [0.717, 1.165) is 18.2 Å². The number of rotatable bonds is 4. The van der Waals surface area contributed by atoms with Gasteiger partial charge in [-0.3, -0.25) is 0 Å². The van der Waals surface area contributed by atoms with Crippen molar-refractivity contribution in [3.8, 4) is 0 Å². The average Bonchev–Trinajstić information content (AvgIpc) is 2.15. The summed E-state index contributed by atoms with van der Waals surface area (Å²) in [5, 5.41) is 0. The fourth-order valence-electron chi connectivity index (χ4n) is 1.63. The quantitative estimate of drug-likeness (QED) is 0.740. The molecular formula is C12H15F4N. The van der Waals surface area contributed by atoms with Gasteiger partial charge in [-0.15, -0.1) is 0 Å². The Morgan fingerprint density at radius 3 is 2.35 bits per heavy atom. The fraction of sp³-hybridized carbons (Fsp3) is 0.500. The summed E-state index contributed by atoms with van der Waals surface area (Å²) in [7, 11) is 3.69. The number of halogens is 4. The minimum Gasteiger partial charge on any atom is -0.309 e. The smallest absolute Gasteiger partial charge is 0.309 e. The van der Waals surface area contributed by atoms with E-state index >= 15 is 0 Å². The first kappa shape index (κ1) is 14.0. The molecule has 0 unspecified atom stereocenters. The lowest BCUT2D eigenvalue weighted by atomic mass is 10.0. The molecule has 0 bridgehead atoms. The number of hydrogen-bond acceptors (Lipinski definition) is 1. The van der Waals surface area contributed by atoms with Gasteiger partial charge in [0.1, 0.15) is 5.82 Å². The molecule has 0 aromatic heterocycles. The Hall–Kier alpha value is -1.10. The van der Waals surface area contributed by atoms with Crippen LogP contribution in [0.3, 0.4) is 0 Å². The molecule has 0 aliphatic rings. The minimum absolute atomic E-state index is 0.0272. The molecule has 0 amide bonds. The molecule has 0 fully saturated rings. The largest absolute Gasteiger partial charge is 0.416 e. The Balaban J connectivity index is 2.84. The number of hydrogen-bond donors (Lipinski definition) is 0. The van der Waals surface area contributed by atoms with Crippen LogP contribution >= 0.6 is 0 Å². The van der Waals surface area contributed by atoms with Crippen molar-refractivity contribution in [2.75, 3.05) is 20.6 Å². The normalized spacial score (nSPS) is 12.2. The Labute approximate surface area is 98.0 Å². The van der Waals surface area contributed by atoms with Crippen LogP contribution in [0.5, 0.6) is 0 Å². The van der Waals surface area contributed by atoms with E-state index in [2.05, 4.69) is 0 Å². The van der Waals surface area contributed by atoms with E-state index in [1.165, 1.54) is 0 Å². The number of nitrogens with zero attached hydrogens (tertiary/aromatic N) is 1. The highest BCUT2D eigenvalue weighted by molar-refractivity contribution is 5.30. The highest BCUT2D eigenvalue weighted by Gasteiger charge is 2.33. The number of aryl methyl sites for hydroxylation is 1. The van der Waals surface area contributed by atoms with Crippen molar-refractivity contribution in [1.82, 2.24) is 4.90 Å². The van der Waals surface area contributed by atoms with Crippen LogP contribution < -0.4 is 0 Å². The second-order valence-corrected chi connectivity index (χ2v) is 4.21. The topological polar surface area (TPSA) is 3.24 Å². The summed E-state index contributed by atoms with van der Waals surface area (Å²) in [5.41, 5.74) is -0.711. The summed E-state index contributed by atoms with van der Waals surface area (Å²) >= 11 is 0. The third-order valence-electron chi connectivity index (χ3n) is 2.42. The van der Waals surface area contributed by atoms with Crippen LogP contribution in [0.1, 0.15) is 17.5 Å². The van der Waals surface area contributed by atoms with E-state index in [1.807, 2.05) is 19.0 Å². The summed E-state index contributed by atoms with van der Waals surface area (Å²) < 4.78 is 50.8. The summed E-state index contributed by atoms with van der Waals surface area (Å²) in [5.74, 6) is -0.627. The monoisotopic (exact) mass is 249 g/mol. The molecular weight excluding hydrogens is 234 g/mol. The molecule has 5 heteroatoms. The van der Waals surface area contributed by atoms with E-state index in [4.69, 9.17) is 0 Å². The zero-order chi connectivity index (χ0) is 13.1. The predicted molar refractivity (Wildman–Crippen MR) is 58.3 cm³/mol. The molecule has 0 heterocycles. The first-order valence-corrected chi connectivity index (χ1v) is 5.31. The molecule has 1 aromatic carbocycles. The van der Waals surface area contributed by atoms with Crippen LogP contribution in [-0.4, -0.2) is 25.5 Å². The van der Waals surface area contributed by atoms with Crippen LogP contribution in [0, 0.1) is 5.82 Å². The van der Waals surface area contributed by atoms with Crippen molar-refractivity contribution in [1.29, 1.82) is 0 Å². The second-order valence-electron chi connectivity index (χ2n) is 4.21. The van der Waals surface area contributed by atoms with E-state index < -0.39 is 17.6 Å². The number of alkyl halides is 3. The summed E-state index contributed by atoms with van der Waals surface area (Å²) in [6.45, 7) is 0.674. The van der Waals surface area contributed by atoms with Gasteiger partial charge in [0.05, 0.1) is 5.56 Å². The highest BCUT2D eigenvalue weighted by atomic mass is 19.4. The van der Waals surface area contributed by atoms with Gasteiger partial charge in [-0.2, -0.15) is 13.2 Å². The molecule has 0 radical (unpaired) electrons. The van der Waals surface area contributed by atoms with Crippen molar-refractivity contribution in [3.05, 3.63) is 35.1 Å². The molecule has 1 rings (SSSR count). The van der Waals surface area contributed by atoms with Gasteiger partial charge in [-0.1, -0.05) is 0 Å². The lowest BCUT2D eigenvalue weighted by Gasteiger charge is -2.14. The molecule has 17 heavy (non-hydrogen) atoms. The van der Waals surface area contributed by atoms with Gasteiger partial charge in [0.25, 0.3) is 0 Å². The van der Waals surface area contributed by atoms with Gasteiger partial charge in [0.15, 0.2) is 0 Å². The third-order valence-corrected chi connectivity index (χ3v) is 2.42. The Morgan fingerprint density at radius 2 is 1.82 bits per heavy atom. The molecule has 0 N–H and O–H groups in total. The van der Waals surface area contributed by atoms with Crippen molar-refractivity contribution in [3.63, 3.8) is 0 Å². The molecule has 0 aliphatic heterocycles. The van der Waals surface area contributed by atoms with Gasteiger partial charge < -0.3 is 4.90 Å². The maximum Gasteiger partial charge on any atom is 0.416 e. The third kappa shape index (κ3) is 4.34. The van der Waals surface area contributed by atoms with Crippen LogP contribution in [0.4, 0.5) is 17.6 Å². The van der Waals surface area contributed by atoms with Crippen LogP contribution in [0.15, 0.2) is 18.2 Å². The maximum absolute atomic E-state index is 12.9. The lowest BCUT2D eigenvalue weighted by molar-refractivity contribution is -0.138. The molecule has 1 aromatic rings. The predicted octanol–water partition coefficient (Wildman–Crippen LogP) is 3.34. The SMILES string of the molecule is CN(C)CCCc1cc(F)ccc1C(F)(F)F. The van der Waals surface area contributed by atoms with Crippen molar-refractivity contribution < 1.29 is 17.6 Å². The average molecular weight is 249 g/mol. The summed E-state index contributed by atoms with van der Waals surface area (Å²) in [6, 6.07) is 2.62. The van der Waals surface area contributed by atoms with Gasteiger partial charge in [0, 0.05) is 0 Å². The Morgan fingerprint density at radius 1 is 1.18 bits per heavy atom. The van der Waals surface area contributed by atoms with E-state index in [-0.39, 0.29) is 12.0 Å². The summed E-state index contributed by atoms with van der Waals surface area (Å²) in [6.07, 6.45) is -3.62. The van der Waals surface area contributed by atoms with Gasteiger partial charge in [-0.25, -0.2) is 4.39 Å². The van der Waals surface area contributed by atoms with Crippen LogP contribution in [0.2, 0.25) is 0 Å². The zero-order valence-corrected chi connectivity index (χ0v) is 9.81. The van der Waals surface area contributed by atoms with Gasteiger partial charge in [-0.05, 0) is 57.2 Å². The van der Waals surface area contributed by atoms with E-state index in [9.17, 15) is 17.6 Å². The maximum atomic E-state index is 12.9. The summed E-state index contributed by atoms with van der Waals surface area (Å²) in [4.78, 5) is 1.88. The Kier molecular flexibility index (Phi) is 4.51. The molecule has 1 nitrogen and oxygen atoms in total. The standard InChI is InChI=1S/C12H15F4N/c1-17(2)7-3-4-9-8-10(13)5-6-11(9)12(14,15)16/h5-6,8H,3-4,7H2,1-2H3. The van der Waals surface area contributed by atoms with Crippen molar-refractivity contribution in [2.45, 2.75) is 19.0 Å². The number of benzene rings is 1. The minimum atomic E-state index is -4.42. The zero-order valence-electron chi connectivity index (χ0n) is 9.81. The van der Waals surface area contributed by atoms with E-state index in [0.29, 0.717) is 13.0 Å².